The summed E-state index contributed by atoms with van der Waals surface area (Å²) in [6, 6.07) is 17.7. The van der Waals surface area contributed by atoms with Gasteiger partial charge in [0.2, 0.25) is 0 Å². The summed E-state index contributed by atoms with van der Waals surface area (Å²) in [7, 11) is 0. The summed E-state index contributed by atoms with van der Waals surface area (Å²) in [5, 5.41) is 11.8. The van der Waals surface area contributed by atoms with Crippen LogP contribution >= 0.6 is 15.9 Å². The highest BCUT2D eigenvalue weighted by Crippen LogP contribution is 2.24. The lowest BCUT2D eigenvalue weighted by Crippen LogP contribution is -2.08. The molecule has 0 unspecified atom stereocenters. The molecule has 1 N–H and O–H groups in total. The van der Waals surface area contributed by atoms with E-state index in [9.17, 15) is 14.7 Å². The molecular formula is C19H13BrO3. The minimum atomic E-state index is -0.395. The Morgan fingerprint density at radius 3 is 2.35 bits per heavy atom. The fourth-order valence-corrected chi connectivity index (χ4v) is 2.80. The highest BCUT2D eigenvalue weighted by molar-refractivity contribution is 9.10. The number of benzene rings is 3. The van der Waals surface area contributed by atoms with Crippen LogP contribution in [0.1, 0.15) is 27.1 Å². The van der Waals surface area contributed by atoms with Crippen LogP contribution in [0.25, 0.3) is 10.8 Å². The third-order valence-electron chi connectivity index (χ3n) is 3.65. The van der Waals surface area contributed by atoms with Crippen molar-refractivity contribution in [2.45, 2.75) is 6.42 Å². The Balaban J connectivity index is 1.83. The molecule has 0 saturated carbocycles. The van der Waals surface area contributed by atoms with Crippen LogP contribution < -0.4 is 0 Å². The zero-order valence-electron chi connectivity index (χ0n) is 12.1. The zero-order chi connectivity index (χ0) is 16.4. The quantitative estimate of drug-likeness (QED) is 0.533. The van der Waals surface area contributed by atoms with Crippen molar-refractivity contribution in [3.63, 3.8) is 0 Å². The Bertz CT molecular complexity index is 915. The van der Waals surface area contributed by atoms with Gasteiger partial charge < -0.3 is 5.11 Å². The van der Waals surface area contributed by atoms with Crippen molar-refractivity contribution in [2.75, 3.05) is 0 Å². The van der Waals surface area contributed by atoms with Gasteiger partial charge in [0, 0.05) is 10.0 Å². The zero-order valence-corrected chi connectivity index (χ0v) is 13.7. The van der Waals surface area contributed by atoms with Gasteiger partial charge in [0.15, 0.2) is 11.6 Å². The van der Waals surface area contributed by atoms with Crippen molar-refractivity contribution in [3.8, 4) is 5.75 Å². The molecule has 3 rings (SSSR count). The van der Waals surface area contributed by atoms with E-state index in [1.54, 1.807) is 18.2 Å². The van der Waals surface area contributed by atoms with Gasteiger partial charge in [-0.15, -0.1) is 0 Å². The van der Waals surface area contributed by atoms with E-state index in [0.717, 1.165) is 10.8 Å². The number of carbonyl (C=O) groups is 2. The molecule has 4 heteroatoms. The van der Waals surface area contributed by atoms with Gasteiger partial charge in [-0.25, -0.2) is 0 Å². The first-order chi connectivity index (χ1) is 11.0. The van der Waals surface area contributed by atoms with Gasteiger partial charge in [-0.2, -0.15) is 0 Å². The molecule has 0 aliphatic heterocycles. The van der Waals surface area contributed by atoms with Crippen LogP contribution in [0, 0.1) is 0 Å². The lowest BCUT2D eigenvalue weighted by Gasteiger charge is -2.05. The second kappa shape index (κ2) is 6.34. The number of phenolic OH excluding ortho intramolecular Hbond substituents is 1. The third-order valence-corrected chi connectivity index (χ3v) is 4.15. The first-order valence-electron chi connectivity index (χ1n) is 7.08. The van der Waals surface area contributed by atoms with Crippen LogP contribution in [0.3, 0.4) is 0 Å². The van der Waals surface area contributed by atoms with E-state index in [1.807, 2.05) is 30.3 Å². The average Bonchev–Trinajstić information content (AvgIpc) is 2.54. The van der Waals surface area contributed by atoms with E-state index < -0.39 is 5.78 Å². The smallest absolute Gasteiger partial charge is 0.174 e. The molecule has 3 nitrogen and oxygen atoms in total. The number of hydrogen-bond donors (Lipinski definition) is 1. The highest BCUT2D eigenvalue weighted by atomic mass is 79.9. The molecule has 3 aromatic rings. The predicted molar refractivity (Wildman–Crippen MR) is 93.0 cm³/mol. The normalized spacial score (nSPS) is 10.7. The number of halogens is 1. The number of fused-ring (bicyclic) bond motifs is 1. The molecule has 0 saturated heterocycles. The van der Waals surface area contributed by atoms with Crippen molar-refractivity contribution in [1.82, 2.24) is 0 Å². The molecule has 0 bridgehead atoms. The maximum Gasteiger partial charge on any atom is 0.174 e. The average molecular weight is 369 g/mol. The highest BCUT2D eigenvalue weighted by Gasteiger charge is 2.17. The van der Waals surface area contributed by atoms with Crippen LogP contribution in [-0.4, -0.2) is 16.7 Å². The number of phenols is 1. The Labute approximate surface area is 141 Å². The molecular weight excluding hydrogens is 356 g/mol. The Morgan fingerprint density at radius 1 is 0.870 bits per heavy atom. The molecule has 0 aliphatic carbocycles. The molecule has 23 heavy (non-hydrogen) atoms. The van der Waals surface area contributed by atoms with E-state index in [2.05, 4.69) is 15.9 Å². The largest absolute Gasteiger partial charge is 0.507 e. The van der Waals surface area contributed by atoms with Crippen molar-refractivity contribution in [2.24, 2.45) is 0 Å². The molecule has 0 spiro atoms. The number of Topliss-reactive ketones (excluding diaryl/α,β-unsaturated/α-hetero) is 2. The molecule has 0 radical (unpaired) electrons. The minimum Gasteiger partial charge on any atom is -0.507 e. The predicted octanol–water partition coefficient (Wildman–Crippen LogP) is 4.76. The van der Waals surface area contributed by atoms with Gasteiger partial charge in [0.1, 0.15) is 5.75 Å². The number of rotatable bonds is 4. The van der Waals surface area contributed by atoms with Crippen molar-refractivity contribution >= 4 is 38.3 Å². The molecule has 114 valence electrons. The van der Waals surface area contributed by atoms with E-state index in [1.165, 1.54) is 12.1 Å². The van der Waals surface area contributed by atoms with Gasteiger partial charge in [-0.1, -0.05) is 52.3 Å². The summed E-state index contributed by atoms with van der Waals surface area (Å²) >= 11 is 3.22. The maximum absolute atomic E-state index is 12.3. The second-order valence-corrected chi connectivity index (χ2v) is 6.16. The Morgan fingerprint density at radius 2 is 1.61 bits per heavy atom. The molecule has 0 aliphatic rings. The summed E-state index contributed by atoms with van der Waals surface area (Å²) in [5.41, 5.74) is 0.649. The molecule has 0 aromatic heterocycles. The van der Waals surface area contributed by atoms with Gasteiger partial charge in [0.05, 0.1) is 12.0 Å². The molecule has 0 fully saturated rings. The fourth-order valence-electron chi connectivity index (χ4n) is 2.45. The van der Waals surface area contributed by atoms with Gasteiger partial charge in [-0.3, -0.25) is 9.59 Å². The lowest BCUT2D eigenvalue weighted by molar-refractivity contribution is 0.0893. The monoisotopic (exact) mass is 368 g/mol. The summed E-state index contributed by atoms with van der Waals surface area (Å²) in [6.07, 6.45) is -0.270. The van der Waals surface area contributed by atoms with E-state index >= 15 is 0 Å². The van der Waals surface area contributed by atoms with Crippen molar-refractivity contribution in [3.05, 3.63) is 76.3 Å². The standard InChI is InChI=1S/C19H13BrO3/c20-15-7-8-16(18(22)10-15)19(23)11-17(21)14-6-5-12-3-1-2-4-13(12)9-14/h1-10,22H,11H2. The van der Waals surface area contributed by atoms with Crippen LogP contribution in [-0.2, 0) is 0 Å². The lowest BCUT2D eigenvalue weighted by atomic mass is 9.99. The van der Waals surface area contributed by atoms with Crippen LogP contribution in [0.2, 0.25) is 0 Å². The first kappa shape index (κ1) is 15.4. The second-order valence-electron chi connectivity index (χ2n) is 5.25. The maximum atomic E-state index is 12.3. The van der Waals surface area contributed by atoms with Gasteiger partial charge in [-0.05, 0) is 35.0 Å². The fraction of sp³-hybridized carbons (Fsp3) is 0.0526. The number of hydrogen-bond acceptors (Lipinski definition) is 3. The molecule has 0 amide bonds. The summed E-state index contributed by atoms with van der Waals surface area (Å²) in [6.45, 7) is 0. The first-order valence-corrected chi connectivity index (χ1v) is 7.87. The Kier molecular flexibility index (Phi) is 4.26. The van der Waals surface area contributed by atoms with E-state index in [-0.39, 0.29) is 23.5 Å². The summed E-state index contributed by atoms with van der Waals surface area (Å²) < 4.78 is 0.674. The summed E-state index contributed by atoms with van der Waals surface area (Å²) in [5.74, 6) is -0.785. The minimum absolute atomic E-state index is 0.129. The van der Waals surface area contributed by atoms with Gasteiger partial charge >= 0.3 is 0 Å². The van der Waals surface area contributed by atoms with Crippen LogP contribution in [0.15, 0.2) is 65.1 Å². The van der Waals surface area contributed by atoms with E-state index in [0.29, 0.717) is 10.0 Å². The topological polar surface area (TPSA) is 54.4 Å². The number of aromatic hydroxyl groups is 1. The number of ketones is 2. The van der Waals surface area contributed by atoms with Crippen LogP contribution in [0.5, 0.6) is 5.75 Å². The SMILES string of the molecule is O=C(CC(=O)c1ccc(Br)cc1O)c1ccc2ccccc2c1. The molecule has 0 heterocycles. The molecule has 3 aromatic carbocycles. The number of carbonyl (C=O) groups excluding carboxylic acids is 2. The van der Waals surface area contributed by atoms with E-state index in [4.69, 9.17) is 0 Å². The molecule has 0 atom stereocenters. The van der Waals surface area contributed by atoms with Crippen LogP contribution in [0.4, 0.5) is 0 Å². The Hall–Kier alpha value is -2.46. The van der Waals surface area contributed by atoms with Gasteiger partial charge in [0.25, 0.3) is 0 Å². The summed E-state index contributed by atoms with van der Waals surface area (Å²) in [4.78, 5) is 24.6. The third kappa shape index (κ3) is 3.32. The van der Waals surface area contributed by atoms with Crippen molar-refractivity contribution in [1.29, 1.82) is 0 Å². The van der Waals surface area contributed by atoms with Crippen molar-refractivity contribution < 1.29 is 14.7 Å².